The molecule has 0 fully saturated rings. The normalized spacial score (nSPS) is 12.5. The summed E-state index contributed by atoms with van der Waals surface area (Å²) in [5.74, 6) is -1.91. The Morgan fingerprint density at radius 3 is 2.26 bits per heavy atom. The van der Waals surface area contributed by atoms with Crippen LogP contribution in [0.1, 0.15) is 16.7 Å². The number of ether oxygens (including phenoxy) is 1. The van der Waals surface area contributed by atoms with Gasteiger partial charge in [-0.2, -0.15) is 31.6 Å². The van der Waals surface area contributed by atoms with E-state index in [9.17, 15) is 35.5 Å². The highest BCUT2D eigenvalue weighted by Gasteiger charge is 2.41. The van der Waals surface area contributed by atoms with E-state index in [-0.39, 0.29) is 11.8 Å². The summed E-state index contributed by atoms with van der Waals surface area (Å²) >= 11 is 0. The highest BCUT2D eigenvalue weighted by Crippen LogP contribution is 2.44. The number of anilines is 1. The Bertz CT molecular complexity index is 1150. The number of nitrogens with two attached hydrogens (primary N) is 1. The van der Waals surface area contributed by atoms with E-state index in [1.807, 2.05) is 0 Å². The Morgan fingerprint density at radius 2 is 1.76 bits per heavy atom. The fourth-order valence-corrected chi connectivity index (χ4v) is 2.64. The molecule has 2 N–H and O–H groups in total. The zero-order chi connectivity index (χ0) is 25.7. The van der Waals surface area contributed by atoms with Crippen molar-refractivity contribution in [3.05, 3.63) is 65.1 Å². The van der Waals surface area contributed by atoms with Gasteiger partial charge in [-0.25, -0.2) is 9.18 Å². The van der Waals surface area contributed by atoms with Crippen LogP contribution in [0.3, 0.4) is 0 Å². The standard InChI is InChI=1S/C21H15F7N4O2/c1-32(15-4-2-14(22)3-5-15)19(33)34-18-16(12(10-30)11-31-7-6-29)8-13(20(23,24)25)9-17(18)21(26,27)28/h2-5,8-11H,7,30H2,1H3/b12-10+,31-11?. The third-order valence-electron chi connectivity index (χ3n) is 4.28. The molecule has 0 saturated carbocycles. The minimum atomic E-state index is -5.37. The van der Waals surface area contributed by atoms with Crippen molar-refractivity contribution in [1.82, 2.24) is 0 Å². The van der Waals surface area contributed by atoms with Crippen LogP contribution in [0.5, 0.6) is 5.75 Å². The van der Waals surface area contributed by atoms with Gasteiger partial charge in [0.05, 0.1) is 17.2 Å². The molecule has 2 aromatic carbocycles. The lowest BCUT2D eigenvalue weighted by Crippen LogP contribution is -2.30. The molecular formula is C21H15F7N4O2. The molecule has 2 rings (SSSR count). The van der Waals surface area contributed by atoms with Crippen LogP contribution in [0, 0.1) is 17.1 Å². The molecule has 34 heavy (non-hydrogen) atoms. The largest absolute Gasteiger partial charge is 0.420 e. The van der Waals surface area contributed by atoms with Gasteiger partial charge in [0.25, 0.3) is 0 Å². The van der Waals surface area contributed by atoms with Crippen molar-refractivity contribution in [2.75, 3.05) is 18.5 Å². The smallest absolute Gasteiger partial charge is 0.409 e. The molecule has 1 amide bonds. The minimum absolute atomic E-state index is 0.0265. The highest BCUT2D eigenvalue weighted by molar-refractivity contribution is 6.11. The summed E-state index contributed by atoms with van der Waals surface area (Å²) in [7, 11) is 1.10. The van der Waals surface area contributed by atoms with Gasteiger partial charge >= 0.3 is 18.4 Å². The van der Waals surface area contributed by atoms with Crippen molar-refractivity contribution in [3.8, 4) is 11.8 Å². The first kappa shape index (κ1) is 26.2. The van der Waals surface area contributed by atoms with E-state index in [1.165, 1.54) is 0 Å². The van der Waals surface area contributed by atoms with Gasteiger partial charge in [-0.15, -0.1) is 0 Å². The molecule has 0 aliphatic heterocycles. The molecule has 0 unspecified atom stereocenters. The summed E-state index contributed by atoms with van der Waals surface area (Å²) in [5.41, 5.74) is 0.515. The van der Waals surface area contributed by atoms with Crippen LogP contribution in [0.2, 0.25) is 0 Å². The number of halogens is 7. The minimum Gasteiger partial charge on any atom is -0.409 e. The molecule has 2 aromatic rings. The quantitative estimate of drug-likeness (QED) is 0.347. The first-order valence-electron chi connectivity index (χ1n) is 9.12. The summed E-state index contributed by atoms with van der Waals surface area (Å²) in [6, 6.07) is 5.94. The molecule has 0 bridgehead atoms. The lowest BCUT2D eigenvalue weighted by molar-refractivity contribution is -0.143. The summed E-state index contributed by atoms with van der Waals surface area (Å²) in [5, 5.41) is 8.57. The Kier molecular flexibility index (Phi) is 7.88. The maximum atomic E-state index is 13.7. The SMILES string of the molecule is CN(C(=O)Oc1c(/C(C=NCC#N)=C/N)cc(C(F)(F)F)cc1C(F)(F)F)c1ccc(F)cc1. The van der Waals surface area contributed by atoms with E-state index < -0.39 is 58.8 Å². The summed E-state index contributed by atoms with van der Waals surface area (Å²) < 4.78 is 99.3. The second-order valence-electron chi connectivity index (χ2n) is 6.55. The molecule has 0 aromatic heterocycles. The maximum Gasteiger partial charge on any atom is 0.420 e. The first-order valence-corrected chi connectivity index (χ1v) is 9.12. The van der Waals surface area contributed by atoms with E-state index >= 15 is 0 Å². The number of nitriles is 1. The van der Waals surface area contributed by atoms with E-state index in [1.54, 1.807) is 6.07 Å². The van der Waals surface area contributed by atoms with Crippen LogP contribution in [0.4, 0.5) is 41.2 Å². The number of nitrogens with zero attached hydrogens (tertiary/aromatic N) is 3. The Morgan fingerprint density at radius 1 is 1.15 bits per heavy atom. The fraction of sp³-hybridized carbons (Fsp3) is 0.190. The summed E-state index contributed by atoms with van der Waals surface area (Å²) in [4.78, 5) is 16.8. The van der Waals surface area contributed by atoms with Crippen molar-refractivity contribution in [1.29, 1.82) is 5.26 Å². The first-order chi connectivity index (χ1) is 15.8. The number of allylic oxidation sites excluding steroid dienone is 1. The fourth-order valence-electron chi connectivity index (χ4n) is 2.64. The number of carbonyl (C=O) groups excluding carboxylic acids is 1. The molecular weight excluding hydrogens is 473 g/mol. The average molecular weight is 488 g/mol. The average Bonchev–Trinajstić information content (AvgIpc) is 2.75. The number of hydrogen-bond donors (Lipinski definition) is 1. The van der Waals surface area contributed by atoms with E-state index in [0.717, 1.165) is 42.4 Å². The highest BCUT2D eigenvalue weighted by atomic mass is 19.4. The van der Waals surface area contributed by atoms with Crippen LogP contribution in [-0.4, -0.2) is 25.9 Å². The number of alkyl halides is 6. The number of aliphatic imine (C=N–C) groups is 1. The van der Waals surface area contributed by atoms with Crippen LogP contribution in [0.15, 0.2) is 47.6 Å². The molecule has 0 spiro atoms. The second kappa shape index (κ2) is 10.2. The van der Waals surface area contributed by atoms with Gasteiger partial charge in [0.15, 0.2) is 5.75 Å². The van der Waals surface area contributed by atoms with Gasteiger partial charge in [0, 0.05) is 36.3 Å². The Hall–Kier alpha value is -4.08. The van der Waals surface area contributed by atoms with Crippen molar-refractivity contribution in [3.63, 3.8) is 0 Å². The van der Waals surface area contributed by atoms with Crippen molar-refractivity contribution in [2.45, 2.75) is 12.4 Å². The number of rotatable bonds is 5. The van der Waals surface area contributed by atoms with Crippen LogP contribution < -0.4 is 15.4 Å². The lowest BCUT2D eigenvalue weighted by Gasteiger charge is -2.22. The molecule has 6 nitrogen and oxygen atoms in total. The molecule has 180 valence electrons. The number of amides is 1. The van der Waals surface area contributed by atoms with Crippen LogP contribution in [-0.2, 0) is 12.4 Å². The van der Waals surface area contributed by atoms with E-state index in [2.05, 4.69) is 4.99 Å². The maximum absolute atomic E-state index is 13.7. The van der Waals surface area contributed by atoms with Gasteiger partial charge in [0.2, 0.25) is 0 Å². The zero-order valence-corrected chi connectivity index (χ0v) is 17.2. The number of benzene rings is 2. The van der Waals surface area contributed by atoms with Crippen LogP contribution in [0.25, 0.3) is 5.57 Å². The molecule has 0 aliphatic carbocycles. The van der Waals surface area contributed by atoms with Crippen molar-refractivity contribution in [2.24, 2.45) is 10.7 Å². The molecule has 13 heteroatoms. The Labute approximate surface area is 188 Å². The molecule has 0 atom stereocenters. The third-order valence-corrected chi connectivity index (χ3v) is 4.28. The predicted molar refractivity (Wildman–Crippen MR) is 108 cm³/mol. The van der Waals surface area contributed by atoms with Gasteiger partial charge in [0.1, 0.15) is 12.4 Å². The predicted octanol–water partition coefficient (Wildman–Crippen LogP) is 5.39. The Balaban J connectivity index is 2.70. The van der Waals surface area contributed by atoms with Crippen molar-refractivity contribution >= 4 is 23.6 Å². The van der Waals surface area contributed by atoms with E-state index in [0.29, 0.717) is 12.3 Å². The van der Waals surface area contributed by atoms with Gasteiger partial charge in [-0.3, -0.25) is 9.89 Å². The van der Waals surface area contributed by atoms with Gasteiger partial charge in [-0.05, 0) is 36.4 Å². The summed E-state index contributed by atoms with van der Waals surface area (Å²) in [6.07, 6.45) is -10.5. The number of hydrogen-bond acceptors (Lipinski definition) is 5. The van der Waals surface area contributed by atoms with Crippen LogP contribution >= 0.6 is 0 Å². The van der Waals surface area contributed by atoms with E-state index in [4.69, 9.17) is 15.7 Å². The number of carbonyl (C=O) groups is 1. The lowest BCUT2D eigenvalue weighted by atomic mass is 9.98. The third kappa shape index (κ3) is 6.25. The van der Waals surface area contributed by atoms with Gasteiger partial charge < -0.3 is 10.5 Å². The second-order valence-corrected chi connectivity index (χ2v) is 6.55. The molecule has 0 saturated heterocycles. The summed E-state index contributed by atoms with van der Waals surface area (Å²) in [6.45, 7) is -0.467. The van der Waals surface area contributed by atoms with Gasteiger partial charge in [-0.1, -0.05) is 0 Å². The topological polar surface area (TPSA) is 91.7 Å². The molecule has 0 aliphatic rings. The zero-order valence-electron chi connectivity index (χ0n) is 17.2. The molecule has 0 radical (unpaired) electrons. The molecule has 0 heterocycles. The van der Waals surface area contributed by atoms with Crippen molar-refractivity contribution < 1.29 is 40.3 Å². The monoisotopic (exact) mass is 488 g/mol.